The van der Waals surface area contributed by atoms with Crippen LogP contribution in [0, 0.1) is 0 Å². The van der Waals surface area contributed by atoms with Crippen molar-refractivity contribution in [3.8, 4) is 0 Å². The summed E-state index contributed by atoms with van der Waals surface area (Å²) in [7, 11) is 0. The van der Waals surface area contributed by atoms with Gasteiger partial charge >= 0.3 is 18.0 Å². The number of amides is 3. The van der Waals surface area contributed by atoms with Gasteiger partial charge in [-0.15, -0.1) is 0 Å². The normalized spacial score (nSPS) is 13.6. The van der Waals surface area contributed by atoms with Crippen molar-refractivity contribution in [2.45, 2.75) is 0 Å². The number of nitrogens with zero attached hydrogens (tertiary/aromatic N) is 1. The zero-order chi connectivity index (χ0) is 17.0. The predicted octanol–water partition coefficient (Wildman–Crippen LogP) is -0.162. The lowest BCUT2D eigenvalue weighted by molar-refractivity contribution is 0.0678. The van der Waals surface area contributed by atoms with Crippen molar-refractivity contribution < 1.29 is 29.4 Å². The lowest BCUT2D eigenvalue weighted by Crippen LogP contribution is -2.37. The van der Waals surface area contributed by atoms with Crippen LogP contribution < -0.4 is 10.6 Å². The van der Waals surface area contributed by atoms with E-state index < -0.39 is 17.8 Å². The van der Waals surface area contributed by atoms with E-state index in [9.17, 15) is 19.2 Å². The molecule has 1 heterocycles. The Morgan fingerprint density at radius 1 is 1.17 bits per heavy atom. The van der Waals surface area contributed by atoms with Gasteiger partial charge in [0, 0.05) is 26.2 Å². The molecule has 2 rings (SSSR count). The fourth-order valence-corrected chi connectivity index (χ4v) is 2.18. The van der Waals surface area contributed by atoms with Crippen LogP contribution in [0.15, 0.2) is 18.2 Å². The molecule has 0 aliphatic carbocycles. The average Bonchev–Trinajstić information content (AvgIpc) is 2.91. The van der Waals surface area contributed by atoms with Gasteiger partial charge in [0.15, 0.2) is 0 Å². The number of hydrogen-bond donors (Lipinski definition) is 4. The summed E-state index contributed by atoms with van der Waals surface area (Å²) < 4.78 is 0. The van der Waals surface area contributed by atoms with Crippen LogP contribution in [-0.2, 0) is 0 Å². The Morgan fingerprint density at radius 3 is 2.48 bits per heavy atom. The molecule has 0 saturated carbocycles. The number of carbonyl (C=O) groups excluding carboxylic acids is 2. The van der Waals surface area contributed by atoms with E-state index in [1.165, 1.54) is 4.90 Å². The standard InChI is InChI=1S/C14H15N3O6/c18-11(15-3-5-17-6-4-16-14(17)23)10-7-8(12(19)20)1-2-9(10)13(21)22/h1-2,7H,3-6H2,(H,15,18)(H,16,23)(H,19,20)(H,21,22). The fraction of sp³-hybridized carbons (Fsp3) is 0.286. The summed E-state index contributed by atoms with van der Waals surface area (Å²) in [5, 5.41) is 23.1. The molecule has 0 bridgehead atoms. The van der Waals surface area contributed by atoms with E-state index in [0.29, 0.717) is 13.1 Å². The molecule has 23 heavy (non-hydrogen) atoms. The van der Waals surface area contributed by atoms with Gasteiger partial charge in [0.05, 0.1) is 16.7 Å². The molecule has 1 aromatic carbocycles. The first-order valence-corrected chi connectivity index (χ1v) is 6.81. The van der Waals surface area contributed by atoms with Gasteiger partial charge in [-0.3, -0.25) is 4.79 Å². The number of nitrogens with one attached hydrogen (secondary N) is 2. The summed E-state index contributed by atoms with van der Waals surface area (Å²) in [5.41, 5.74) is -0.700. The molecule has 9 nitrogen and oxygen atoms in total. The van der Waals surface area contributed by atoms with Crippen molar-refractivity contribution in [2.75, 3.05) is 26.2 Å². The van der Waals surface area contributed by atoms with E-state index in [-0.39, 0.29) is 35.8 Å². The van der Waals surface area contributed by atoms with Crippen molar-refractivity contribution >= 4 is 23.9 Å². The van der Waals surface area contributed by atoms with E-state index in [2.05, 4.69) is 10.6 Å². The predicted molar refractivity (Wildman–Crippen MR) is 77.7 cm³/mol. The number of rotatable bonds is 6. The minimum atomic E-state index is -1.33. The molecule has 1 aromatic rings. The summed E-state index contributed by atoms with van der Waals surface area (Å²) in [5.74, 6) is -3.29. The number of aromatic carboxylic acids is 2. The Hall–Kier alpha value is -3.10. The molecule has 9 heteroatoms. The van der Waals surface area contributed by atoms with Crippen molar-refractivity contribution in [1.29, 1.82) is 0 Å². The second kappa shape index (κ2) is 6.77. The molecule has 1 saturated heterocycles. The molecule has 1 aliphatic heterocycles. The highest BCUT2D eigenvalue weighted by atomic mass is 16.4. The highest BCUT2D eigenvalue weighted by Crippen LogP contribution is 2.13. The molecule has 0 spiro atoms. The molecular formula is C14H15N3O6. The lowest BCUT2D eigenvalue weighted by atomic mass is 10.0. The van der Waals surface area contributed by atoms with Gasteiger partial charge in [-0.2, -0.15) is 0 Å². The molecule has 0 radical (unpaired) electrons. The third kappa shape index (κ3) is 3.76. The van der Waals surface area contributed by atoms with Crippen molar-refractivity contribution in [2.24, 2.45) is 0 Å². The van der Waals surface area contributed by atoms with Gasteiger partial charge in [-0.05, 0) is 18.2 Å². The van der Waals surface area contributed by atoms with Crippen molar-refractivity contribution in [1.82, 2.24) is 15.5 Å². The molecule has 0 atom stereocenters. The minimum Gasteiger partial charge on any atom is -0.478 e. The van der Waals surface area contributed by atoms with Crippen molar-refractivity contribution in [3.05, 3.63) is 34.9 Å². The summed E-state index contributed by atoms with van der Waals surface area (Å²) in [6, 6.07) is 2.99. The van der Waals surface area contributed by atoms with E-state index in [0.717, 1.165) is 18.2 Å². The van der Waals surface area contributed by atoms with Crippen LogP contribution in [0.3, 0.4) is 0 Å². The minimum absolute atomic E-state index is 0.128. The Morgan fingerprint density at radius 2 is 1.91 bits per heavy atom. The topological polar surface area (TPSA) is 136 Å². The average molecular weight is 321 g/mol. The van der Waals surface area contributed by atoms with Gasteiger partial charge in [0.2, 0.25) is 0 Å². The highest BCUT2D eigenvalue weighted by Gasteiger charge is 2.21. The van der Waals surface area contributed by atoms with Gasteiger partial charge in [-0.25, -0.2) is 14.4 Å². The first-order chi connectivity index (χ1) is 10.9. The van der Waals surface area contributed by atoms with Gasteiger partial charge in [0.1, 0.15) is 0 Å². The molecular weight excluding hydrogens is 306 g/mol. The SMILES string of the molecule is O=C(O)c1ccc(C(=O)O)c(C(=O)NCCN2CCNC2=O)c1. The lowest BCUT2D eigenvalue weighted by Gasteiger charge is -2.15. The Balaban J connectivity index is 2.07. The second-order valence-corrected chi connectivity index (χ2v) is 4.85. The van der Waals surface area contributed by atoms with E-state index in [4.69, 9.17) is 10.2 Å². The molecule has 0 unspecified atom stereocenters. The summed E-state index contributed by atoms with van der Waals surface area (Å²) in [6.45, 7) is 1.47. The molecule has 122 valence electrons. The zero-order valence-electron chi connectivity index (χ0n) is 12.0. The zero-order valence-corrected chi connectivity index (χ0v) is 12.0. The molecule has 3 amide bonds. The molecule has 1 fully saturated rings. The Labute approximate surface area is 130 Å². The quantitative estimate of drug-likeness (QED) is 0.574. The number of urea groups is 1. The first kappa shape index (κ1) is 16.3. The summed E-state index contributed by atoms with van der Waals surface area (Å²) in [4.78, 5) is 47.1. The maximum absolute atomic E-state index is 12.1. The van der Waals surface area contributed by atoms with E-state index in [1.807, 2.05) is 0 Å². The highest BCUT2D eigenvalue weighted by molar-refractivity contribution is 6.06. The monoisotopic (exact) mass is 321 g/mol. The van der Waals surface area contributed by atoms with Gasteiger partial charge in [0.25, 0.3) is 5.91 Å². The third-order valence-corrected chi connectivity index (χ3v) is 3.35. The van der Waals surface area contributed by atoms with Crippen LogP contribution in [0.1, 0.15) is 31.1 Å². The molecule has 1 aliphatic rings. The number of carbonyl (C=O) groups is 4. The van der Waals surface area contributed by atoms with E-state index in [1.54, 1.807) is 0 Å². The maximum atomic E-state index is 12.1. The summed E-state index contributed by atoms with van der Waals surface area (Å²) in [6.07, 6.45) is 0. The maximum Gasteiger partial charge on any atom is 0.336 e. The Bertz CT molecular complexity index is 672. The number of carboxylic acid groups (broad SMARTS) is 2. The van der Waals surface area contributed by atoms with Crippen LogP contribution in [0.4, 0.5) is 4.79 Å². The fourth-order valence-electron chi connectivity index (χ4n) is 2.18. The number of hydrogen-bond acceptors (Lipinski definition) is 4. The molecule has 4 N–H and O–H groups in total. The van der Waals surface area contributed by atoms with Crippen LogP contribution in [0.5, 0.6) is 0 Å². The Kier molecular flexibility index (Phi) is 4.79. The first-order valence-electron chi connectivity index (χ1n) is 6.81. The van der Waals surface area contributed by atoms with Crippen LogP contribution in [0.25, 0.3) is 0 Å². The number of carboxylic acids is 2. The smallest absolute Gasteiger partial charge is 0.336 e. The molecule has 0 aromatic heterocycles. The number of benzene rings is 1. The van der Waals surface area contributed by atoms with Crippen LogP contribution in [0.2, 0.25) is 0 Å². The second-order valence-electron chi connectivity index (χ2n) is 4.85. The van der Waals surface area contributed by atoms with Crippen LogP contribution in [-0.4, -0.2) is 65.2 Å². The van der Waals surface area contributed by atoms with Crippen LogP contribution >= 0.6 is 0 Å². The summed E-state index contributed by atoms with van der Waals surface area (Å²) >= 11 is 0. The van der Waals surface area contributed by atoms with Gasteiger partial charge in [-0.1, -0.05) is 0 Å². The third-order valence-electron chi connectivity index (χ3n) is 3.35. The van der Waals surface area contributed by atoms with Gasteiger partial charge < -0.3 is 25.7 Å². The largest absolute Gasteiger partial charge is 0.478 e. The van der Waals surface area contributed by atoms with E-state index >= 15 is 0 Å². The van der Waals surface area contributed by atoms with Crippen molar-refractivity contribution in [3.63, 3.8) is 0 Å².